The van der Waals surface area contributed by atoms with Crippen LogP contribution in [0.25, 0.3) is 0 Å². The summed E-state index contributed by atoms with van der Waals surface area (Å²) in [6.07, 6.45) is 1.68. The molecule has 0 amide bonds. The van der Waals surface area contributed by atoms with Crippen molar-refractivity contribution in [2.45, 2.75) is 26.2 Å². The van der Waals surface area contributed by atoms with Gasteiger partial charge in [-0.1, -0.05) is 0 Å². The summed E-state index contributed by atoms with van der Waals surface area (Å²) in [7, 11) is 0. The van der Waals surface area contributed by atoms with Gasteiger partial charge in [0.15, 0.2) is 0 Å². The second kappa shape index (κ2) is 4.25. The SMILES string of the molecule is CCOC(=O)[C@@H]1CC[C@@H](C(=O)O)C1. The van der Waals surface area contributed by atoms with Gasteiger partial charge in [-0.3, -0.25) is 9.59 Å². The molecule has 74 valence electrons. The van der Waals surface area contributed by atoms with Crippen molar-refractivity contribution in [1.82, 2.24) is 0 Å². The molecule has 4 nitrogen and oxygen atoms in total. The van der Waals surface area contributed by atoms with E-state index in [0.717, 1.165) is 0 Å². The number of esters is 1. The Morgan fingerprint density at radius 3 is 2.46 bits per heavy atom. The van der Waals surface area contributed by atoms with Crippen LogP contribution in [0.5, 0.6) is 0 Å². The van der Waals surface area contributed by atoms with E-state index < -0.39 is 5.97 Å². The standard InChI is InChI=1S/C9H14O4/c1-2-13-9(12)7-4-3-6(5-7)8(10)11/h6-7H,2-5H2,1H3,(H,10,11)/t6-,7-/m1/s1. The van der Waals surface area contributed by atoms with Gasteiger partial charge < -0.3 is 9.84 Å². The Labute approximate surface area is 76.9 Å². The first-order chi connectivity index (χ1) is 6.15. The van der Waals surface area contributed by atoms with Gasteiger partial charge in [0.1, 0.15) is 0 Å². The van der Waals surface area contributed by atoms with Crippen molar-refractivity contribution in [2.24, 2.45) is 11.8 Å². The van der Waals surface area contributed by atoms with Gasteiger partial charge in [0.25, 0.3) is 0 Å². The van der Waals surface area contributed by atoms with Crippen LogP contribution in [0.15, 0.2) is 0 Å². The summed E-state index contributed by atoms with van der Waals surface area (Å²) in [4.78, 5) is 21.8. The summed E-state index contributed by atoms with van der Waals surface area (Å²) in [6, 6.07) is 0. The Balaban J connectivity index is 2.40. The molecule has 1 aliphatic rings. The number of rotatable bonds is 3. The molecule has 2 atom stereocenters. The number of hydrogen-bond acceptors (Lipinski definition) is 3. The Morgan fingerprint density at radius 2 is 2.00 bits per heavy atom. The molecule has 0 bridgehead atoms. The fraction of sp³-hybridized carbons (Fsp3) is 0.778. The van der Waals surface area contributed by atoms with E-state index in [1.807, 2.05) is 0 Å². The molecular formula is C9H14O4. The van der Waals surface area contributed by atoms with E-state index in [4.69, 9.17) is 9.84 Å². The van der Waals surface area contributed by atoms with Crippen molar-refractivity contribution in [3.05, 3.63) is 0 Å². The molecule has 1 rings (SSSR count). The minimum Gasteiger partial charge on any atom is -0.481 e. The zero-order valence-corrected chi connectivity index (χ0v) is 7.66. The van der Waals surface area contributed by atoms with Gasteiger partial charge in [0, 0.05) is 0 Å². The Bertz CT molecular complexity index is 212. The van der Waals surface area contributed by atoms with Crippen LogP contribution in [0.1, 0.15) is 26.2 Å². The van der Waals surface area contributed by atoms with Crippen LogP contribution < -0.4 is 0 Å². The number of carboxylic acid groups (broad SMARTS) is 1. The van der Waals surface area contributed by atoms with Crippen molar-refractivity contribution in [3.63, 3.8) is 0 Å². The lowest BCUT2D eigenvalue weighted by molar-refractivity contribution is -0.148. The predicted octanol–water partition coefficient (Wildman–Crippen LogP) is 1.05. The van der Waals surface area contributed by atoms with Crippen LogP contribution in [0.3, 0.4) is 0 Å². The van der Waals surface area contributed by atoms with E-state index in [0.29, 0.717) is 25.9 Å². The molecule has 0 aromatic carbocycles. The number of carbonyl (C=O) groups is 2. The molecule has 0 saturated heterocycles. The second-order valence-corrected chi connectivity index (χ2v) is 3.30. The molecule has 0 aromatic rings. The summed E-state index contributed by atoms with van der Waals surface area (Å²) in [6.45, 7) is 2.12. The maximum absolute atomic E-state index is 11.2. The first kappa shape index (κ1) is 10.0. The number of carbonyl (C=O) groups excluding carboxylic acids is 1. The second-order valence-electron chi connectivity index (χ2n) is 3.30. The van der Waals surface area contributed by atoms with Crippen molar-refractivity contribution in [3.8, 4) is 0 Å². The van der Waals surface area contributed by atoms with Gasteiger partial charge in [0.05, 0.1) is 18.4 Å². The highest BCUT2D eigenvalue weighted by atomic mass is 16.5. The lowest BCUT2D eigenvalue weighted by Gasteiger charge is -2.07. The molecule has 0 unspecified atom stereocenters. The molecule has 1 N–H and O–H groups in total. The molecule has 1 aliphatic carbocycles. The number of carboxylic acids is 1. The van der Waals surface area contributed by atoms with Crippen molar-refractivity contribution in [1.29, 1.82) is 0 Å². The van der Waals surface area contributed by atoms with Gasteiger partial charge in [-0.25, -0.2) is 0 Å². The first-order valence-electron chi connectivity index (χ1n) is 4.54. The van der Waals surface area contributed by atoms with E-state index in [-0.39, 0.29) is 17.8 Å². The molecule has 1 saturated carbocycles. The van der Waals surface area contributed by atoms with Crippen LogP contribution in [0, 0.1) is 11.8 Å². The van der Waals surface area contributed by atoms with E-state index in [2.05, 4.69) is 0 Å². The molecule has 0 aliphatic heterocycles. The molecule has 13 heavy (non-hydrogen) atoms. The molecule has 4 heteroatoms. The van der Waals surface area contributed by atoms with Crippen molar-refractivity contribution in [2.75, 3.05) is 6.61 Å². The average Bonchev–Trinajstić information content (AvgIpc) is 2.52. The fourth-order valence-corrected chi connectivity index (χ4v) is 1.68. The molecule has 1 fully saturated rings. The Kier molecular flexibility index (Phi) is 3.28. The third-order valence-corrected chi connectivity index (χ3v) is 2.40. The normalized spacial score (nSPS) is 27.2. The summed E-state index contributed by atoms with van der Waals surface area (Å²) >= 11 is 0. The summed E-state index contributed by atoms with van der Waals surface area (Å²) in [5.41, 5.74) is 0. The highest BCUT2D eigenvalue weighted by Crippen LogP contribution is 2.31. The molecule has 0 spiro atoms. The summed E-state index contributed by atoms with van der Waals surface area (Å²) in [5, 5.41) is 8.69. The molecule has 0 radical (unpaired) electrons. The summed E-state index contributed by atoms with van der Waals surface area (Å²) in [5.74, 6) is -1.59. The number of aliphatic carboxylic acids is 1. The predicted molar refractivity (Wildman–Crippen MR) is 45.1 cm³/mol. The van der Waals surface area contributed by atoms with Gasteiger partial charge in [-0.15, -0.1) is 0 Å². The quantitative estimate of drug-likeness (QED) is 0.669. The lowest BCUT2D eigenvalue weighted by Crippen LogP contribution is -2.16. The third kappa shape index (κ3) is 2.44. The third-order valence-electron chi connectivity index (χ3n) is 2.40. The zero-order valence-electron chi connectivity index (χ0n) is 7.66. The minimum atomic E-state index is -0.799. The molecule has 0 heterocycles. The van der Waals surface area contributed by atoms with Crippen molar-refractivity contribution >= 4 is 11.9 Å². The molecular weight excluding hydrogens is 172 g/mol. The zero-order chi connectivity index (χ0) is 9.84. The van der Waals surface area contributed by atoms with Crippen LogP contribution in [0.4, 0.5) is 0 Å². The average molecular weight is 186 g/mol. The van der Waals surface area contributed by atoms with Crippen LogP contribution in [-0.4, -0.2) is 23.7 Å². The topological polar surface area (TPSA) is 63.6 Å². The summed E-state index contributed by atoms with van der Waals surface area (Å²) < 4.78 is 4.82. The van der Waals surface area contributed by atoms with E-state index >= 15 is 0 Å². The van der Waals surface area contributed by atoms with E-state index in [9.17, 15) is 9.59 Å². The minimum absolute atomic E-state index is 0.193. The van der Waals surface area contributed by atoms with E-state index in [1.54, 1.807) is 6.92 Å². The fourth-order valence-electron chi connectivity index (χ4n) is 1.68. The lowest BCUT2D eigenvalue weighted by atomic mass is 10.1. The first-order valence-corrected chi connectivity index (χ1v) is 4.54. The van der Waals surface area contributed by atoms with Gasteiger partial charge >= 0.3 is 11.9 Å². The van der Waals surface area contributed by atoms with Crippen LogP contribution >= 0.6 is 0 Å². The van der Waals surface area contributed by atoms with Gasteiger partial charge in [0.2, 0.25) is 0 Å². The van der Waals surface area contributed by atoms with E-state index in [1.165, 1.54) is 0 Å². The highest BCUT2D eigenvalue weighted by Gasteiger charge is 2.34. The Morgan fingerprint density at radius 1 is 1.38 bits per heavy atom. The monoisotopic (exact) mass is 186 g/mol. The number of ether oxygens (including phenoxy) is 1. The maximum Gasteiger partial charge on any atom is 0.308 e. The highest BCUT2D eigenvalue weighted by molar-refractivity contribution is 5.76. The largest absolute Gasteiger partial charge is 0.481 e. The Hall–Kier alpha value is -1.06. The smallest absolute Gasteiger partial charge is 0.308 e. The van der Waals surface area contributed by atoms with Crippen LogP contribution in [0.2, 0.25) is 0 Å². The van der Waals surface area contributed by atoms with Gasteiger partial charge in [-0.05, 0) is 26.2 Å². The molecule has 0 aromatic heterocycles. The maximum atomic E-state index is 11.2. The van der Waals surface area contributed by atoms with Crippen LogP contribution in [-0.2, 0) is 14.3 Å². The van der Waals surface area contributed by atoms with Crippen molar-refractivity contribution < 1.29 is 19.4 Å². The van der Waals surface area contributed by atoms with Gasteiger partial charge in [-0.2, -0.15) is 0 Å². The number of hydrogen-bond donors (Lipinski definition) is 1.